The Kier molecular flexibility index (Phi) is 13.7. The second-order valence-electron chi connectivity index (χ2n) is 14.8. The Labute approximate surface area is 372 Å². The van der Waals surface area contributed by atoms with Crippen molar-refractivity contribution < 1.29 is 96.9 Å². The van der Waals surface area contributed by atoms with Gasteiger partial charge in [0.2, 0.25) is 33.1 Å². The normalized spacial score (nSPS) is 13.0. The van der Waals surface area contributed by atoms with Gasteiger partial charge in [0.1, 0.15) is 17.0 Å². The number of benzene rings is 6. The molecule has 6 aromatic carbocycles. The zero-order valence-electron chi connectivity index (χ0n) is 34.6. The van der Waals surface area contributed by atoms with E-state index in [2.05, 4.69) is 0 Å². The van der Waals surface area contributed by atoms with Gasteiger partial charge < -0.3 is 9.47 Å². The molecule has 0 amide bonds. The number of hydrogen-bond donors (Lipinski definition) is 0. The fraction of sp³-hybridized carbons (Fsp3) is 0.200. The lowest BCUT2D eigenvalue weighted by molar-refractivity contribution is 0.0461. The largest absolute Gasteiger partial charge is 0.483 e. The Bertz CT molecular complexity index is 3020. The molecular formula is C45H26F18O4S. The van der Waals surface area contributed by atoms with Crippen molar-refractivity contribution in [3.8, 4) is 33.8 Å². The molecule has 6 aromatic rings. The first kappa shape index (κ1) is 51.0. The Morgan fingerprint density at radius 1 is 0.382 bits per heavy atom. The lowest BCUT2D eigenvalue weighted by Crippen LogP contribution is -2.33. The molecule has 0 aliphatic rings. The maximum atomic E-state index is 15.6. The number of hydrogen-bond acceptors (Lipinski definition) is 4. The predicted molar refractivity (Wildman–Crippen MR) is 202 cm³/mol. The van der Waals surface area contributed by atoms with Crippen molar-refractivity contribution in [1.29, 1.82) is 0 Å². The van der Waals surface area contributed by atoms with E-state index in [-0.39, 0.29) is 18.4 Å². The van der Waals surface area contributed by atoms with Crippen LogP contribution in [0.25, 0.3) is 22.3 Å². The summed E-state index contributed by atoms with van der Waals surface area (Å²) in [6.07, 6.45) is -1.10. The van der Waals surface area contributed by atoms with Crippen molar-refractivity contribution in [1.82, 2.24) is 0 Å². The van der Waals surface area contributed by atoms with E-state index in [1.807, 2.05) is 0 Å². The average Bonchev–Trinajstić information content (AvgIpc) is 3.32. The van der Waals surface area contributed by atoms with Crippen LogP contribution < -0.4 is 9.47 Å². The number of rotatable bonds is 13. The van der Waals surface area contributed by atoms with E-state index in [1.165, 1.54) is 20.8 Å². The van der Waals surface area contributed by atoms with Gasteiger partial charge in [-0.2, -0.15) is 8.78 Å². The second-order valence-corrected chi connectivity index (χ2v) is 16.8. The van der Waals surface area contributed by atoms with E-state index in [9.17, 15) is 52.3 Å². The minimum Gasteiger partial charge on any atom is -0.483 e. The molecule has 1 unspecified atom stereocenters. The summed E-state index contributed by atoms with van der Waals surface area (Å²) in [5.41, 5.74) is -15.2. The molecule has 0 bridgehead atoms. The molecule has 1 atom stereocenters. The van der Waals surface area contributed by atoms with Crippen molar-refractivity contribution in [2.24, 2.45) is 0 Å². The van der Waals surface area contributed by atoms with E-state index in [0.717, 1.165) is 55.5 Å². The molecule has 0 spiro atoms. The van der Waals surface area contributed by atoms with Gasteiger partial charge in [0.05, 0.1) is 37.6 Å². The lowest BCUT2D eigenvalue weighted by atomic mass is 9.88. The Morgan fingerprint density at radius 2 is 0.676 bits per heavy atom. The molecule has 0 radical (unpaired) electrons. The van der Waals surface area contributed by atoms with Crippen LogP contribution in [0.5, 0.6) is 11.5 Å². The topological polar surface area (TPSA) is 52.6 Å². The first-order valence-electron chi connectivity index (χ1n) is 19.3. The van der Waals surface area contributed by atoms with Crippen LogP contribution in [0.1, 0.15) is 58.1 Å². The zero-order valence-corrected chi connectivity index (χ0v) is 35.4. The molecule has 362 valence electrons. The predicted octanol–water partition coefficient (Wildman–Crippen LogP) is 14.2. The molecule has 4 nitrogen and oxygen atoms in total. The monoisotopic (exact) mass is 1000 g/mol. The highest BCUT2D eigenvalue weighted by molar-refractivity contribution is 7.91. The summed E-state index contributed by atoms with van der Waals surface area (Å²) in [5, 5.41) is 0. The van der Waals surface area contributed by atoms with Crippen LogP contribution in [0.15, 0.2) is 58.3 Å². The summed E-state index contributed by atoms with van der Waals surface area (Å²) in [4.78, 5) is -0.991. The van der Waals surface area contributed by atoms with Gasteiger partial charge in [0.15, 0.2) is 87.2 Å². The molecule has 0 N–H and O–H groups in total. The SMILES string of the molecule is CCC(C)(Oc1ccc(S(=O)(=O)c2ccc(C(CC)(CC)Oc3c(F)c(F)c(-c4c(F)c(F)c(F)c(F)c4F)c(F)c3F)cc2)cc1)c1c(F)c(F)c(-c2c(F)c(F)c(F)c(F)c2F)c(F)c1F. The van der Waals surface area contributed by atoms with Crippen LogP contribution in [0.4, 0.5) is 79.0 Å². The van der Waals surface area contributed by atoms with Gasteiger partial charge in [-0.25, -0.2) is 78.7 Å². The number of halogens is 18. The van der Waals surface area contributed by atoms with Crippen LogP contribution >= 0.6 is 0 Å². The van der Waals surface area contributed by atoms with Crippen LogP contribution in [-0.4, -0.2) is 8.42 Å². The molecule has 0 aliphatic carbocycles. The standard InChI is InChI=1S/C45H26F18O4S/c1-5-44(4,24-33(54)25(46)20(26(47)34(24)55)21-27(48)35(56)39(60)36(57)28(21)49)66-17-10-14-19(15-11-17)68(64,65)18-12-8-16(9-13-18)45(6-2,7-3)67-43-41(62)31(52)23(32(53)42(43)63)22-29(50)37(58)40(61)38(59)30(22)51/h8-15H,5-7H2,1-4H3. The average molecular weight is 1000 g/mol. The summed E-state index contributed by atoms with van der Waals surface area (Å²) in [7, 11) is -4.55. The molecule has 0 fully saturated rings. The molecule has 23 heteroatoms. The molecule has 6 rings (SSSR count). The molecule has 0 aromatic heterocycles. The highest BCUT2D eigenvalue weighted by Crippen LogP contribution is 2.45. The Hall–Kier alpha value is -6.39. The quantitative estimate of drug-likeness (QED) is 0.0657. The molecule has 0 heterocycles. The number of ether oxygens (including phenoxy) is 2. The van der Waals surface area contributed by atoms with Gasteiger partial charge in [-0.1, -0.05) is 32.9 Å². The summed E-state index contributed by atoms with van der Waals surface area (Å²) in [6.45, 7) is 4.80. The van der Waals surface area contributed by atoms with Crippen molar-refractivity contribution >= 4 is 9.84 Å². The van der Waals surface area contributed by atoms with E-state index in [1.54, 1.807) is 0 Å². The van der Waals surface area contributed by atoms with Crippen LogP contribution in [0.3, 0.4) is 0 Å². The third kappa shape index (κ3) is 7.94. The maximum absolute atomic E-state index is 15.6. The van der Waals surface area contributed by atoms with Crippen molar-refractivity contribution in [3.63, 3.8) is 0 Å². The highest BCUT2D eigenvalue weighted by atomic mass is 32.2. The van der Waals surface area contributed by atoms with Gasteiger partial charge in [0, 0.05) is 0 Å². The zero-order chi connectivity index (χ0) is 50.9. The summed E-state index contributed by atoms with van der Waals surface area (Å²) in [6, 6.07) is 7.67. The highest BCUT2D eigenvalue weighted by Gasteiger charge is 2.42. The van der Waals surface area contributed by atoms with Crippen LogP contribution in [-0.2, 0) is 21.0 Å². The Morgan fingerprint density at radius 3 is 1.00 bits per heavy atom. The van der Waals surface area contributed by atoms with E-state index >= 15 is 35.1 Å². The fourth-order valence-corrected chi connectivity index (χ4v) is 8.52. The van der Waals surface area contributed by atoms with Gasteiger partial charge in [-0.05, 0) is 68.1 Å². The minimum atomic E-state index is -4.55. The second kappa shape index (κ2) is 18.3. The Balaban J connectivity index is 1.30. The van der Waals surface area contributed by atoms with Gasteiger partial charge in [0.25, 0.3) is 0 Å². The third-order valence-corrected chi connectivity index (χ3v) is 13.0. The first-order chi connectivity index (χ1) is 31.7. The molecular weight excluding hydrogens is 979 g/mol. The fourth-order valence-electron chi connectivity index (χ4n) is 7.26. The van der Waals surface area contributed by atoms with Gasteiger partial charge in [-0.3, -0.25) is 0 Å². The maximum Gasteiger partial charge on any atom is 0.206 e. The first-order valence-corrected chi connectivity index (χ1v) is 20.8. The molecule has 0 aliphatic heterocycles. The third-order valence-electron chi connectivity index (χ3n) is 11.2. The summed E-state index contributed by atoms with van der Waals surface area (Å²) in [5.74, 6) is -49.5. The smallest absolute Gasteiger partial charge is 0.206 e. The summed E-state index contributed by atoms with van der Waals surface area (Å²) < 4.78 is 302. The minimum absolute atomic E-state index is 0.0832. The van der Waals surface area contributed by atoms with Gasteiger partial charge >= 0.3 is 0 Å². The van der Waals surface area contributed by atoms with Crippen molar-refractivity contribution in [2.75, 3.05) is 0 Å². The molecule has 68 heavy (non-hydrogen) atoms. The van der Waals surface area contributed by atoms with E-state index in [0.29, 0.717) is 0 Å². The summed E-state index contributed by atoms with van der Waals surface area (Å²) >= 11 is 0. The van der Waals surface area contributed by atoms with Gasteiger partial charge in [-0.15, -0.1) is 0 Å². The molecule has 0 saturated carbocycles. The van der Waals surface area contributed by atoms with E-state index < -0.39 is 181 Å². The lowest BCUT2D eigenvalue weighted by Gasteiger charge is -2.34. The molecule has 0 saturated heterocycles. The van der Waals surface area contributed by atoms with Crippen molar-refractivity contribution in [3.05, 3.63) is 164 Å². The number of sulfone groups is 1. The van der Waals surface area contributed by atoms with Crippen LogP contribution in [0, 0.1) is 105 Å². The van der Waals surface area contributed by atoms with Crippen LogP contribution in [0.2, 0.25) is 0 Å². The van der Waals surface area contributed by atoms with E-state index in [4.69, 9.17) is 9.47 Å². The van der Waals surface area contributed by atoms with Crippen molar-refractivity contribution in [2.45, 2.75) is 68.0 Å².